The standard InChI is InChI=1S/3C3H8N.C2H5N.Ta/c3*1-2-3-4;1-2-3;/h3*4H,2-3H2,1H3;2H2,1H3;/q3*-1;;+3. The predicted octanol–water partition coefficient (Wildman–Crippen LogP) is 2.09. The van der Waals surface area contributed by atoms with E-state index in [4.69, 9.17) is 3.34 Å². The second kappa shape index (κ2) is 10.6. The Balaban J connectivity index is 4.53. The summed E-state index contributed by atoms with van der Waals surface area (Å²) in [7, 11) is 0. The van der Waals surface area contributed by atoms with E-state index in [1.807, 2.05) is 0 Å². The van der Waals surface area contributed by atoms with E-state index in [-0.39, 0.29) is 0 Å². The van der Waals surface area contributed by atoms with Crippen LogP contribution < -0.4 is 11.2 Å². The number of nitrogens with one attached hydrogen (secondary N) is 3. The Morgan fingerprint density at radius 1 is 0.750 bits per heavy atom. The summed E-state index contributed by atoms with van der Waals surface area (Å²) in [5.74, 6) is 0. The third-order valence-corrected chi connectivity index (χ3v) is 12.0. The third-order valence-electron chi connectivity index (χ3n) is 2.13. The maximum absolute atomic E-state index is 4.85. The molecule has 0 aromatic rings. The average Bonchev–Trinajstić information content (AvgIpc) is 2.31. The molecule has 0 aliphatic rings. The van der Waals surface area contributed by atoms with Crippen LogP contribution in [0.2, 0.25) is 0 Å². The Bertz CT molecular complexity index is 178. The molecule has 0 radical (unpaired) electrons. The maximum atomic E-state index is 4.85. The van der Waals surface area contributed by atoms with Gasteiger partial charge in [-0.3, -0.25) is 0 Å². The molecule has 0 aliphatic heterocycles. The van der Waals surface area contributed by atoms with Crippen LogP contribution in [0.1, 0.15) is 47.0 Å². The van der Waals surface area contributed by atoms with E-state index in [2.05, 4.69) is 38.9 Å². The Labute approximate surface area is 105 Å². The van der Waals surface area contributed by atoms with Gasteiger partial charge in [0.1, 0.15) is 0 Å². The molecular formula is C11H29N4Ta. The molecule has 0 heterocycles. The van der Waals surface area contributed by atoms with Crippen molar-refractivity contribution < 1.29 is 17.7 Å². The fourth-order valence-electron chi connectivity index (χ4n) is 1.35. The minimum absolute atomic E-state index is 0.905. The van der Waals surface area contributed by atoms with Crippen molar-refractivity contribution in [3.05, 3.63) is 0 Å². The molecule has 3 N–H and O–H groups in total. The second-order valence-corrected chi connectivity index (χ2v) is 12.8. The predicted molar refractivity (Wildman–Crippen MR) is 67.9 cm³/mol. The minimum atomic E-state index is -2.84. The molecule has 0 rings (SSSR count). The molecule has 0 spiro atoms. The van der Waals surface area contributed by atoms with E-state index in [9.17, 15) is 0 Å². The first-order valence-electron chi connectivity index (χ1n) is 6.58. The van der Waals surface area contributed by atoms with Crippen molar-refractivity contribution >= 4 is 0 Å². The summed E-state index contributed by atoms with van der Waals surface area (Å²) in [6.45, 7) is 12.8. The van der Waals surface area contributed by atoms with Crippen molar-refractivity contribution in [2.24, 2.45) is 3.34 Å². The van der Waals surface area contributed by atoms with Crippen LogP contribution >= 0.6 is 0 Å². The van der Waals surface area contributed by atoms with E-state index in [1.54, 1.807) is 0 Å². The van der Waals surface area contributed by atoms with E-state index < -0.39 is 17.7 Å². The summed E-state index contributed by atoms with van der Waals surface area (Å²) in [6, 6.07) is 0. The topological polar surface area (TPSA) is 48.5 Å². The molecule has 16 heavy (non-hydrogen) atoms. The van der Waals surface area contributed by atoms with Gasteiger partial charge >= 0.3 is 105 Å². The fourth-order valence-corrected chi connectivity index (χ4v) is 11.1. The number of hydrogen-bond donors (Lipinski definition) is 3. The Hall–Kier alpha value is 0.420. The van der Waals surface area contributed by atoms with Crippen LogP contribution in [0.3, 0.4) is 0 Å². The third kappa shape index (κ3) is 6.89. The molecule has 0 atom stereocenters. The SMILES string of the molecule is CCC[NH][Ta](=[N]CC)([NH]CCC)[NH]CCC. The van der Waals surface area contributed by atoms with Gasteiger partial charge in [0.05, 0.1) is 0 Å². The van der Waals surface area contributed by atoms with Gasteiger partial charge in [-0.15, -0.1) is 0 Å². The monoisotopic (exact) mass is 398 g/mol. The quantitative estimate of drug-likeness (QED) is 0.528. The van der Waals surface area contributed by atoms with Crippen LogP contribution in [0.4, 0.5) is 0 Å². The van der Waals surface area contributed by atoms with E-state index >= 15 is 0 Å². The molecule has 98 valence electrons. The summed E-state index contributed by atoms with van der Waals surface area (Å²) >= 11 is -2.84. The average molecular weight is 398 g/mol. The van der Waals surface area contributed by atoms with E-state index in [1.165, 1.54) is 19.3 Å². The normalized spacial score (nSPS) is 11.8. The molecule has 0 saturated heterocycles. The van der Waals surface area contributed by atoms with Gasteiger partial charge in [-0.05, 0) is 0 Å². The molecule has 0 aliphatic carbocycles. The van der Waals surface area contributed by atoms with Crippen LogP contribution in [0.15, 0.2) is 3.34 Å². The molecule has 5 heteroatoms. The zero-order chi connectivity index (χ0) is 12.3. The molecule has 0 saturated carbocycles. The molecule has 0 aromatic heterocycles. The van der Waals surface area contributed by atoms with Gasteiger partial charge in [-0.2, -0.15) is 0 Å². The summed E-state index contributed by atoms with van der Waals surface area (Å²) in [5.41, 5.74) is 0. The number of nitrogens with zero attached hydrogens (tertiary/aromatic N) is 1. The number of hydrogen-bond acceptors (Lipinski definition) is 1. The summed E-state index contributed by atoms with van der Waals surface area (Å²) in [4.78, 5) is 0. The van der Waals surface area contributed by atoms with Gasteiger partial charge in [0.15, 0.2) is 0 Å². The first kappa shape index (κ1) is 16.4. The zero-order valence-corrected chi connectivity index (χ0v) is 14.6. The van der Waals surface area contributed by atoms with Gasteiger partial charge in [-0.1, -0.05) is 0 Å². The molecule has 0 unspecified atom stereocenters. The van der Waals surface area contributed by atoms with Crippen molar-refractivity contribution in [1.29, 1.82) is 0 Å². The zero-order valence-electron chi connectivity index (χ0n) is 11.3. The van der Waals surface area contributed by atoms with Gasteiger partial charge in [0.2, 0.25) is 0 Å². The molecule has 0 amide bonds. The molecule has 0 aromatic carbocycles. The summed E-state index contributed by atoms with van der Waals surface area (Å²) < 4.78 is 15.9. The Kier molecular flexibility index (Phi) is 10.8. The van der Waals surface area contributed by atoms with Crippen LogP contribution in [0.5, 0.6) is 0 Å². The van der Waals surface area contributed by atoms with Crippen LogP contribution in [-0.4, -0.2) is 26.2 Å². The Morgan fingerprint density at radius 2 is 1.12 bits per heavy atom. The first-order chi connectivity index (χ1) is 7.74. The van der Waals surface area contributed by atoms with Gasteiger partial charge in [0, 0.05) is 0 Å². The van der Waals surface area contributed by atoms with Gasteiger partial charge < -0.3 is 0 Å². The van der Waals surface area contributed by atoms with Crippen molar-refractivity contribution in [3.8, 4) is 0 Å². The van der Waals surface area contributed by atoms with Gasteiger partial charge in [0.25, 0.3) is 0 Å². The Morgan fingerprint density at radius 3 is 1.38 bits per heavy atom. The molecule has 4 nitrogen and oxygen atoms in total. The molecule has 0 bridgehead atoms. The van der Waals surface area contributed by atoms with E-state index in [0.29, 0.717) is 0 Å². The van der Waals surface area contributed by atoms with Crippen LogP contribution in [-0.2, 0) is 17.7 Å². The van der Waals surface area contributed by atoms with Crippen molar-refractivity contribution in [2.45, 2.75) is 47.0 Å². The number of rotatable bonds is 10. The van der Waals surface area contributed by atoms with Crippen molar-refractivity contribution in [1.82, 2.24) is 11.2 Å². The first-order valence-corrected chi connectivity index (χ1v) is 12.8. The van der Waals surface area contributed by atoms with Crippen molar-refractivity contribution in [2.75, 3.05) is 26.2 Å². The van der Waals surface area contributed by atoms with Gasteiger partial charge in [-0.25, -0.2) is 0 Å². The fraction of sp³-hybridized carbons (Fsp3) is 1.00. The second-order valence-electron chi connectivity index (χ2n) is 3.82. The molecular weight excluding hydrogens is 369 g/mol. The summed E-state index contributed by atoms with van der Waals surface area (Å²) in [5, 5.41) is 0. The molecule has 0 fully saturated rings. The van der Waals surface area contributed by atoms with Crippen LogP contribution in [0, 0.1) is 0 Å². The summed E-state index contributed by atoms with van der Waals surface area (Å²) in [6.07, 6.45) is 3.50. The van der Waals surface area contributed by atoms with Crippen molar-refractivity contribution in [3.63, 3.8) is 0 Å². The van der Waals surface area contributed by atoms with E-state index in [0.717, 1.165) is 26.2 Å². The van der Waals surface area contributed by atoms with Crippen LogP contribution in [0.25, 0.3) is 0 Å².